The summed E-state index contributed by atoms with van der Waals surface area (Å²) < 4.78 is 5.44. The van der Waals surface area contributed by atoms with Crippen LogP contribution in [0.3, 0.4) is 0 Å². The van der Waals surface area contributed by atoms with Crippen molar-refractivity contribution in [3.63, 3.8) is 0 Å². The molecule has 0 bridgehead atoms. The van der Waals surface area contributed by atoms with Gasteiger partial charge in [-0.05, 0) is 26.0 Å². The quantitative estimate of drug-likeness (QED) is 0.726. The third-order valence-electron chi connectivity index (χ3n) is 1.53. The Bertz CT molecular complexity index is 269. The SMILES string of the molecule is CC(C)(CO)Oc1ccc(N)nc1. The second kappa shape index (κ2) is 3.62. The molecule has 0 aromatic carbocycles. The molecule has 4 heteroatoms. The van der Waals surface area contributed by atoms with Crippen LogP contribution in [-0.2, 0) is 0 Å². The van der Waals surface area contributed by atoms with Gasteiger partial charge in [0.1, 0.15) is 17.2 Å². The van der Waals surface area contributed by atoms with Crippen LogP contribution in [0.4, 0.5) is 5.82 Å². The fourth-order valence-electron chi connectivity index (χ4n) is 0.803. The monoisotopic (exact) mass is 182 g/mol. The van der Waals surface area contributed by atoms with E-state index < -0.39 is 5.60 Å². The lowest BCUT2D eigenvalue weighted by molar-refractivity contribution is 0.0410. The summed E-state index contributed by atoms with van der Waals surface area (Å²) in [6.45, 7) is 3.55. The molecule has 0 spiro atoms. The van der Waals surface area contributed by atoms with Crippen LogP contribution < -0.4 is 10.5 Å². The van der Waals surface area contributed by atoms with Gasteiger partial charge in [0, 0.05) is 0 Å². The molecule has 0 aliphatic heterocycles. The molecular formula is C9H14N2O2. The van der Waals surface area contributed by atoms with Crippen LogP contribution in [0.1, 0.15) is 13.8 Å². The third kappa shape index (κ3) is 2.91. The van der Waals surface area contributed by atoms with E-state index in [0.29, 0.717) is 11.6 Å². The summed E-state index contributed by atoms with van der Waals surface area (Å²) in [6.07, 6.45) is 1.53. The van der Waals surface area contributed by atoms with Gasteiger partial charge in [-0.2, -0.15) is 0 Å². The summed E-state index contributed by atoms with van der Waals surface area (Å²) in [5.41, 5.74) is 4.82. The van der Waals surface area contributed by atoms with Crippen molar-refractivity contribution < 1.29 is 9.84 Å². The van der Waals surface area contributed by atoms with Crippen LogP contribution in [0, 0.1) is 0 Å². The molecule has 3 N–H and O–H groups in total. The summed E-state index contributed by atoms with van der Waals surface area (Å²) in [5.74, 6) is 1.06. The highest BCUT2D eigenvalue weighted by Crippen LogP contribution is 2.17. The number of ether oxygens (including phenoxy) is 1. The van der Waals surface area contributed by atoms with Gasteiger partial charge in [-0.1, -0.05) is 0 Å². The number of hydrogen-bond acceptors (Lipinski definition) is 4. The molecule has 1 heterocycles. The highest BCUT2D eigenvalue weighted by atomic mass is 16.5. The van der Waals surface area contributed by atoms with Crippen molar-refractivity contribution in [3.05, 3.63) is 18.3 Å². The van der Waals surface area contributed by atoms with Crippen molar-refractivity contribution in [2.45, 2.75) is 19.4 Å². The molecule has 0 unspecified atom stereocenters. The van der Waals surface area contributed by atoms with Gasteiger partial charge < -0.3 is 15.6 Å². The molecule has 13 heavy (non-hydrogen) atoms. The third-order valence-corrected chi connectivity index (χ3v) is 1.53. The zero-order valence-corrected chi connectivity index (χ0v) is 7.82. The number of pyridine rings is 1. The minimum absolute atomic E-state index is 0.0443. The standard InChI is InChI=1S/C9H14N2O2/c1-9(2,6-12)13-7-3-4-8(10)11-5-7/h3-5,12H,6H2,1-2H3,(H2,10,11). The van der Waals surface area contributed by atoms with Gasteiger partial charge in [-0.15, -0.1) is 0 Å². The Labute approximate surface area is 77.4 Å². The Morgan fingerprint density at radius 1 is 1.54 bits per heavy atom. The fraction of sp³-hybridized carbons (Fsp3) is 0.444. The first kappa shape index (κ1) is 9.80. The van der Waals surface area contributed by atoms with Crippen LogP contribution >= 0.6 is 0 Å². The van der Waals surface area contributed by atoms with Gasteiger partial charge in [0.05, 0.1) is 12.8 Å². The maximum absolute atomic E-state index is 8.94. The Morgan fingerprint density at radius 2 is 2.23 bits per heavy atom. The summed E-state index contributed by atoms with van der Waals surface area (Å²) in [6, 6.07) is 3.38. The smallest absolute Gasteiger partial charge is 0.138 e. The first-order valence-corrected chi connectivity index (χ1v) is 4.05. The predicted octanol–water partition coefficient (Wildman–Crippen LogP) is 0.813. The van der Waals surface area contributed by atoms with Crippen molar-refractivity contribution in [2.24, 2.45) is 0 Å². The molecule has 0 saturated carbocycles. The van der Waals surface area contributed by atoms with E-state index in [1.807, 2.05) is 0 Å². The van der Waals surface area contributed by atoms with Gasteiger partial charge in [0.2, 0.25) is 0 Å². The maximum Gasteiger partial charge on any atom is 0.138 e. The second-order valence-corrected chi connectivity index (χ2v) is 3.44. The average molecular weight is 182 g/mol. The number of aromatic nitrogens is 1. The lowest BCUT2D eigenvalue weighted by Gasteiger charge is -2.23. The average Bonchev–Trinajstić information content (AvgIpc) is 2.09. The molecule has 0 radical (unpaired) electrons. The highest BCUT2D eigenvalue weighted by Gasteiger charge is 2.17. The van der Waals surface area contributed by atoms with E-state index in [2.05, 4.69) is 4.98 Å². The van der Waals surface area contributed by atoms with Crippen molar-refractivity contribution in [2.75, 3.05) is 12.3 Å². The molecule has 4 nitrogen and oxygen atoms in total. The van der Waals surface area contributed by atoms with Crippen LogP contribution in [0.2, 0.25) is 0 Å². The van der Waals surface area contributed by atoms with E-state index in [9.17, 15) is 0 Å². The first-order valence-electron chi connectivity index (χ1n) is 4.05. The van der Waals surface area contributed by atoms with Crippen molar-refractivity contribution in [1.29, 1.82) is 0 Å². The van der Waals surface area contributed by atoms with E-state index in [0.717, 1.165) is 0 Å². The van der Waals surface area contributed by atoms with E-state index in [4.69, 9.17) is 15.6 Å². The van der Waals surface area contributed by atoms with Gasteiger partial charge in [-0.25, -0.2) is 4.98 Å². The number of aliphatic hydroxyl groups excluding tert-OH is 1. The minimum Gasteiger partial charge on any atom is -0.484 e. The zero-order valence-electron chi connectivity index (χ0n) is 7.82. The van der Waals surface area contributed by atoms with Crippen molar-refractivity contribution in [1.82, 2.24) is 4.98 Å². The molecule has 0 aliphatic rings. The zero-order chi connectivity index (χ0) is 9.90. The van der Waals surface area contributed by atoms with Gasteiger partial charge >= 0.3 is 0 Å². The number of rotatable bonds is 3. The Hall–Kier alpha value is -1.29. The van der Waals surface area contributed by atoms with Crippen LogP contribution in [0.15, 0.2) is 18.3 Å². The number of nitrogens with two attached hydrogens (primary N) is 1. The predicted molar refractivity (Wildman–Crippen MR) is 50.4 cm³/mol. The molecule has 0 fully saturated rings. The first-order chi connectivity index (χ1) is 6.03. The maximum atomic E-state index is 8.94. The molecule has 0 saturated heterocycles. The van der Waals surface area contributed by atoms with Gasteiger partial charge in [0.15, 0.2) is 0 Å². The molecule has 0 amide bonds. The van der Waals surface area contributed by atoms with E-state index >= 15 is 0 Å². The number of anilines is 1. The van der Waals surface area contributed by atoms with E-state index in [-0.39, 0.29) is 6.61 Å². The molecule has 1 aromatic heterocycles. The Kier molecular flexibility index (Phi) is 2.72. The Balaban J connectivity index is 2.69. The molecule has 0 aliphatic carbocycles. The molecule has 0 atom stereocenters. The van der Waals surface area contributed by atoms with E-state index in [1.54, 1.807) is 26.0 Å². The summed E-state index contributed by atoms with van der Waals surface area (Å²) >= 11 is 0. The second-order valence-electron chi connectivity index (χ2n) is 3.44. The van der Waals surface area contributed by atoms with Crippen LogP contribution in [-0.4, -0.2) is 22.3 Å². The van der Waals surface area contributed by atoms with Gasteiger partial charge in [0.25, 0.3) is 0 Å². The molecular weight excluding hydrogens is 168 g/mol. The van der Waals surface area contributed by atoms with E-state index in [1.165, 1.54) is 6.20 Å². The molecule has 72 valence electrons. The summed E-state index contributed by atoms with van der Waals surface area (Å²) in [5, 5.41) is 8.94. The topological polar surface area (TPSA) is 68.4 Å². The van der Waals surface area contributed by atoms with Gasteiger partial charge in [-0.3, -0.25) is 0 Å². The number of aliphatic hydroxyl groups is 1. The van der Waals surface area contributed by atoms with Crippen LogP contribution in [0.5, 0.6) is 5.75 Å². The highest BCUT2D eigenvalue weighted by molar-refractivity contribution is 5.32. The molecule has 1 aromatic rings. The minimum atomic E-state index is -0.586. The normalized spacial score (nSPS) is 11.3. The number of nitrogen functional groups attached to an aromatic ring is 1. The number of nitrogens with zero attached hydrogens (tertiary/aromatic N) is 1. The number of hydrogen-bond donors (Lipinski definition) is 2. The lowest BCUT2D eigenvalue weighted by atomic mass is 10.1. The largest absolute Gasteiger partial charge is 0.484 e. The Morgan fingerprint density at radius 3 is 2.69 bits per heavy atom. The summed E-state index contributed by atoms with van der Waals surface area (Å²) in [4.78, 5) is 3.87. The van der Waals surface area contributed by atoms with Crippen molar-refractivity contribution in [3.8, 4) is 5.75 Å². The fourth-order valence-corrected chi connectivity index (χ4v) is 0.803. The summed E-state index contributed by atoms with van der Waals surface area (Å²) in [7, 11) is 0. The lowest BCUT2D eigenvalue weighted by Crippen LogP contribution is -2.32. The van der Waals surface area contributed by atoms with Crippen molar-refractivity contribution >= 4 is 5.82 Å². The molecule has 1 rings (SSSR count). The van der Waals surface area contributed by atoms with Crippen LogP contribution in [0.25, 0.3) is 0 Å².